The standard InChI is InChI=1S/C26H26BrNO3/c1-30-25-16-21-13-15-22(14-12-19-8-4-2-5-9-19)28(24(21)17-23(25)27)26(29)31-18-20-10-6-3-7-11-20/h2-11,16-17,22H,12-15,18H2,1H3. The monoisotopic (exact) mass is 479 g/mol. The van der Waals surface area contributed by atoms with E-state index in [1.807, 2.05) is 53.4 Å². The minimum atomic E-state index is -0.306. The van der Waals surface area contributed by atoms with Crippen molar-refractivity contribution in [3.63, 3.8) is 0 Å². The van der Waals surface area contributed by atoms with Crippen LogP contribution in [-0.4, -0.2) is 19.2 Å². The van der Waals surface area contributed by atoms with Crippen LogP contribution in [0.1, 0.15) is 29.5 Å². The molecule has 0 saturated heterocycles. The van der Waals surface area contributed by atoms with Gasteiger partial charge in [0.25, 0.3) is 0 Å². The third kappa shape index (κ3) is 5.10. The molecule has 5 heteroatoms. The first-order valence-corrected chi connectivity index (χ1v) is 11.3. The number of carbonyl (C=O) groups excluding carboxylic acids is 1. The quantitative estimate of drug-likeness (QED) is 0.402. The molecule has 0 bridgehead atoms. The van der Waals surface area contributed by atoms with Crippen LogP contribution in [0.2, 0.25) is 0 Å². The van der Waals surface area contributed by atoms with Crippen LogP contribution in [0.5, 0.6) is 5.75 Å². The molecule has 160 valence electrons. The molecule has 31 heavy (non-hydrogen) atoms. The topological polar surface area (TPSA) is 38.8 Å². The Labute approximate surface area is 191 Å². The maximum atomic E-state index is 13.3. The average Bonchev–Trinajstić information content (AvgIpc) is 2.81. The summed E-state index contributed by atoms with van der Waals surface area (Å²) < 4.78 is 12.0. The van der Waals surface area contributed by atoms with E-state index in [1.54, 1.807) is 7.11 Å². The van der Waals surface area contributed by atoms with E-state index < -0.39 is 0 Å². The summed E-state index contributed by atoms with van der Waals surface area (Å²) >= 11 is 3.58. The van der Waals surface area contributed by atoms with Crippen LogP contribution in [-0.2, 0) is 24.2 Å². The summed E-state index contributed by atoms with van der Waals surface area (Å²) in [5.74, 6) is 0.777. The van der Waals surface area contributed by atoms with Gasteiger partial charge in [0, 0.05) is 6.04 Å². The second-order valence-electron chi connectivity index (χ2n) is 7.74. The van der Waals surface area contributed by atoms with Crippen LogP contribution in [0.25, 0.3) is 0 Å². The number of benzene rings is 3. The lowest BCUT2D eigenvalue weighted by Crippen LogP contribution is -2.44. The van der Waals surface area contributed by atoms with Crippen molar-refractivity contribution in [1.29, 1.82) is 0 Å². The van der Waals surface area contributed by atoms with E-state index in [2.05, 4.69) is 40.2 Å². The molecule has 1 aliphatic heterocycles. The van der Waals surface area contributed by atoms with E-state index in [9.17, 15) is 4.79 Å². The van der Waals surface area contributed by atoms with Gasteiger partial charge in [-0.3, -0.25) is 4.90 Å². The molecule has 0 radical (unpaired) electrons. The largest absolute Gasteiger partial charge is 0.496 e. The summed E-state index contributed by atoms with van der Waals surface area (Å²) in [6.07, 6.45) is 3.29. The van der Waals surface area contributed by atoms with Crippen LogP contribution in [0.4, 0.5) is 10.5 Å². The molecule has 0 saturated carbocycles. The van der Waals surface area contributed by atoms with Gasteiger partial charge in [0.1, 0.15) is 12.4 Å². The highest BCUT2D eigenvalue weighted by Crippen LogP contribution is 2.39. The molecule has 0 fully saturated rings. The van der Waals surface area contributed by atoms with Gasteiger partial charge in [0.2, 0.25) is 0 Å². The maximum Gasteiger partial charge on any atom is 0.414 e. The molecular formula is C26H26BrNO3. The average molecular weight is 480 g/mol. The summed E-state index contributed by atoms with van der Waals surface area (Å²) in [5.41, 5.74) is 4.26. The molecule has 4 rings (SSSR count). The molecule has 1 heterocycles. The van der Waals surface area contributed by atoms with Crippen molar-refractivity contribution in [3.8, 4) is 5.75 Å². The highest BCUT2D eigenvalue weighted by molar-refractivity contribution is 9.10. The van der Waals surface area contributed by atoms with Crippen LogP contribution in [0, 0.1) is 0 Å². The fraction of sp³-hybridized carbons (Fsp3) is 0.269. The number of hydrogen-bond acceptors (Lipinski definition) is 3. The Morgan fingerprint density at radius 3 is 2.39 bits per heavy atom. The number of methoxy groups -OCH3 is 1. The molecule has 0 spiro atoms. The lowest BCUT2D eigenvalue weighted by atomic mass is 9.92. The molecule has 4 nitrogen and oxygen atoms in total. The Bertz CT molecular complexity index is 1020. The van der Waals surface area contributed by atoms with E-state index in [1.165, 1.54) is 5.56 Å². The van der Waals surface area contributed by atoms with Gasteiger partial charge >= 0.3 is 6.09 Å². The minimum absolute atomic E-state index is 0.0799. The van der Waals surface area contributed by atoms with Crippen molar-refractivity contribution in [2.45, 2.75) is 38.3 Å². The van der Waals surface area contributed by atoms with E-state index >= 15 is 0 Å². The summed E-state index contributed by atoms with van der Waals surface area (Å²) in [5, 5.41) is 0. The summed E-state index contributed by atoms with van der Waals surface area (Å²) in [4.78, 5) is 15.1. The molecule has 3 aromatic carbocycles. The number of carbonyl (C=O) groups is 1. The van der Waals surface area contributed by atoms with E-state index in [0.29, 0.717) is 0 Å². The second-order valence-corrected chi connectivity index (χ2v) is 8.60. The highest BCUT2D eigenvalue weighted by Gasteiger charge is 2.33. The first-order chi connectivity index (χ1) is 15.2. The van der Waals surface area contributed by atoms with Crippen molar-refractivity contribution in [2.24, 2.45) is 0 Å². The molecule has 1 atom stereocenters. The lowest BCUT2D eigenvalue weighted by Gasteiger charge is -2.37. The maximum absolute atomic E-state index is 13.3. The third-order valence-corrected chi connectivity index (χ3v) is 6.36. The highest BCUT2D eigenvalue weighted by atomic mass is 79.9. The number of amides is 1. The van der Waals surface area contributed by atoms with Crippen molar-refractivity contribution >= 4 is 27.7 Å². The fourth-order valence-corrected chi connectivity index (χ4v) is 4.59. The van der Waals surface area contributed by atoms with Gasteiger partial charge in [0.15, 0.2) is 0 Å². The molecule has 0 N–H and O–H groups in total. The van der Waals surface area contributed by atoms with E-state index in [4.69, 9.17) is 9.47 Å². The minimum Gasteiger partial charge on any atom is -0.496 e. The first-order valence-electron chi connectivity index (χ1n) is 10.6. The number of ether oxygens (including phenoxy) is 2. The Balaban J connectivity index is 1.58. The molecule has 1 amide bonds. The Hall–Kier alpha value is -2.79. The van der Waals surface area contributed by atoms with Gasteiger partial charge in [-0.05, 0) is 70.4 Å². The Morgan fingerprint density at radius 2 is 1.71 bits per heavy atom. The van der Waals surface area contributed by atoms with Gasteiger partial charge in [-0.15, -0.1) is 0 Å². The predicted molar refractivity (Wildman–Crippen MR) is 127 cm³/mol. The van der Waals surface area contributed by atoms with Crippen LogP contribution >= 0.6 is 15.9 Å². The number of anilines is 1. The van der Waals surface area contributed by atoms with Gasteiger partial charge in [-0.1, -0.05) is 60.7 Å². The second kappa shape index (κ2) is 10.0. The Morgan fingerprint density at radius 1 is 1.03 bits per heavy atom. The molecular weight excluding hydrogens is 454 g/mol. The van der Waals surface area contributed by atoms with Gasteiger partial charge < -0.3 is 9.47 Å². The SMILES string of the molecule is COc1cc2c(cc1Br)N(C(=O)OCc1ccccc1)C(CCc1ccccc1)CC2. The Kier molecular flexibility index (Phi) is 6.92. The molecule has 1 unspecified atom stereocenters. The van der Waals surface area contributed by atoms with Crippen molar-refractivity contribution in [2.75, 3.05) is 12.0 Å². The molecule has 1 aliphatic rings. The summed E-state index contributed by atoms with van der Waals surface area (Å²) in [6.45, 7) is 0.258. The van der Waals surface area contributed by atoms with Gasteiger partial charge in [-0.25, -0.2) is 4.79 Å². The zero-order valence-corrected chi connectivity index (χ0v) is 19.2. The number of nitrogens with zero attached hydrogens (tertiary/aromatic N) is 1. The summed E-state index contributed by atoms with van der Waals surface area (Å²) in [7, 11) is 1.66. The first kappa shape index (κ1) is 21.4. The van der Waals surface area contributed by atoms with Crippen LogP contribution < -0.4 is 9.64 Å². The van der Waals surface area contributed by atoms with Crippen molar-refractivity contribution < 1.29 is 14.3 Å². The van der Waals surface area contributed by atoms with Gasteiger partial charge in [-0.2, -0.15) is 0 Å². The molecule has 0 aromatic heterocycles. The number of hydrogen-bond donors (Lipinski definition) is 0. The number of rotatable bonds is 6. The van der Waals surface area contributed by atoms with Crippen molar-refractivity contribution in [3.05, 3.63) is 94.0 Å². The number of halogens is 1. The van der Waals surface area contributed by atoms with E-state index in [-0.39, 0.29) is 18.7 Å². The van der Waals surface area contributed by atoms with Crippen LogP contribution in [0.3, 0.4) is 0 Å². The third-order valence-electron chi connectivity index (χ3n) is 5.74. The summed E-state index contributed by atoms with van der Waals surface area (Å²) in [6, 6.07) is 24.3. The fourth-order valence-electron chi connectivity index (χ4n) is 4.10. The smallest absolute Gasteiger partial charge is 0.414 e. The zero-order valence-electron chi connectivity index (χ0n) is 17.6. The molecule has 0 aliphatic carbocycles. The normalized spacial score (nSPS) is 15.3. The number of aryl methyl sites for hydroxylation is 2. The lowest BCUT2D eigenvalue weighted by molar-refractivity contribution is 0.143. The number of fused-ring (bicyclic) bond motifs is 1. The van der Waals surface area contributed by atoms with Gasteiger partial charge in [0.05, 0.1) is 17.3 Å². The molecule has 3 aromatic rings. The van der Waals surface area contributed by atoms with Crippen LogP contribution in [0.15, 0.2) is 77.3 Å². The predicted octanol–water partition coefficient (Wildman–Crippen LogP) is 6.55. The van der Waals surface area contributed by atoms with Crippen molar-refractivity contribution in [1.82, 2.24) is 0 Å². The van der Waals surface area contributed by atoms with E-state index in [0.717, 1.165) is 52.7 Å². The zero-order chi connectivity index (χ0) is 21.6.